The number of hydrogen-bond acceptors (Lipinski definition) is 1. The molecule has 0 aliphatic carbocycles. The minimum atomic E-state index is -1.51. The quantitative estimate of drug-likeness (QED) is 0.622. The van der Waals surface area contributed by atoms with Gasteiger partial charge in [0.25, 0.3) is 0 Å². The van der Waals surface area contributed by atoms with Gasteiger partial charge in [-0.05, 0) is 12.6 Å². The van der Waals surface area contributed by atoms with E-state index in [2.05, 4.69) is 32.8 Å². The van der Waals surface area contributed by atoms with Gasteiger partial charge in [-0.3, -0.25) is 0 Å². The van der Waals surface area contributed by atoms with Gasteiger partial charge in [-0.15, -0.1) is 6.58 Å². The zero-order valence-corrected chi connectivity index (χ0v) is 11.1. The Kier molecular flexibility index (Phi) is 4.44. The molecule has 0 heterocycles. The molecular weight excluding hydrogens is 180 g/mol. The van der Waals surface area contributed by atoms with Crippen molar-refractivity contribution in [1.29, 1.82) is 0 Å². The van der Waals surface area contributed by atoms with E-state index in [0.717, 1.165) is 0 Å². The van der Waals surface area contributed by atoms with Crippen LogP contribution in [-0.4, -0.2) is 23.5 Å². The van der Waals surface area contributed by atoms with Crippen LogP contribution < -0.4 is 0 Å². The number of hydrogen-bond donors (Lipinski definition) is 0. The molecule has 1 unspecified atom stereocenters. The summed E-state index contributed by atoms with van der Waals surface area (Å²) >= 11 is 0. The summed E-state index contributed by atoms with van der Waals surface area (Å²) < 4.78 is 5.53. The van der Waals surface area contributed by atoms with Crippen molar-refractivity contribution >= 4 is 16.4 Å². The second-order valence-corrected chi connectivity index (χ2v) is 14.3. The van der Waals surface area contributed by atoms with Gasteiger partial charge in [0.2, 0.25) is 8.32 Å². The fourth-order valence-electron chi connectivity index (χ4n) is 0.911. The van der Waals surface area contributed by atoms with E-state index in [1.54, 1.807) is 0 Å². The molecule has 0 aromatic carbocycles. The molecule has 0 bridgehead atoms. The zero-order chi connectivity index (χ0) is 9.83. The van der Waals surface area contributed by atoms with Gasteiger partial charge in [0, 0.05) is 15.2 Å². The van der Waals surface area contributed by atoms with E-state index in [-0.39, 0.29) is 0 Å². The smallest absolute Gasteiger partial charge is 0.212 e. The molecule has 3 heteroatoms. The summed E-state index contributed by atoms with van der Waals surface area (Å²) in [4.78, 5) is 0. The van der Waals surface area contributed by atoms with Crippen LogP contribution in [0.5, 0.6) is 0 Å². The lowest BCUT2D eigenvalue weighted by Crippen LogP contribution is -2.33. The molecule has 0 saturated heterocycles. The van der Waals surface area contributed by atoms with Gasteiger partial charge >= 0.3 is 0 Å². The van der Waals surface area contributed by atoms with Crippen LogP contribution in [0.2, 0.25) is 38.3 Å². The summed E-state index contributed by atoms with van der Waals surface area (Å²) in [7, 11) is -0.584. The van der Waals surface area contributed by atoms with Crippen LogP contribution in [0.15, 0.2) is 12.3 Å². The van der Waals surface area contributed by atoms with Crippen molar-refractivity contribution in [3.05, 3.63) is 12.3 Å². The normalized spacial score (nSPS) is 17.1. The van der Waals surface area contributed by atoms with Gasteiger partial charge in [-0.25, -0.2) is 0 Å². The summed E-state index contributed by atoms with van der Waals surface area (Å²) in [5.74, 6) is 0. The molecule has 0 saturated carbocycles. The highest BCUT2D eigenvalue weighted by Crippen LogP contribution is 2.20. The lowest BCUT2D eigenvalue weighted by Gasteiger charge is -2.25. The van der Waals surface area contributed by atoms with Crippen LogP contribution in [0.4, 0.5) is 0 Å². The maximum absolute atomic E-state index is 5.53. The maximum Gasteiger partial charge on any atom is 0.212 e. The lowest BCUT2D eigenvalue weighted by atomic mass is 10.9. The van der Waals surface area contributed by atoms with Gasteiger partial charge in [0.05, 0.1) is 0 Å². The molecule has 12 heavy (non-hydrogen) atoms. The molecule has 0 radical (unpaired) electrons. The van der Waals surface area contributed by atoms with Crippen molar-refractivity contribution in [1.82, 2.24) is 0 Å². The Bertz CT molecular complexity index is 151. The Labute approximate surface area is 79.0 Å². The van der Waals surface area contributed by atoms with Gasteiger partial charge < -0.3 is 4.43 Å². The first kappa shape index (κ1) is 12.1. The molecule has 1 nitrogen and oxygen atoms in total. The summed E-state index contributed by atoms with van der Waals surface area (Å²) in [6.45, 7) is 13.3. The third kappa shape index (κ3) is 4.90. The minimum absolute atomic E-state index is 0.893. The molecule has 0 aliphatic heterocycles. The molecule has 0 rings (SSSR count). The van der Waals surface area contributed by atoms with Crippen molar-refractivity contribution in [2.24, 2.45) is 0 Å². The fraction of sp³-hybridized carbons (Fsp3) is 0.778. The fourth-order valence-corrected chi connectivity index (χ4v) is 6.47. The topological polar surface area (TPSA) is 9.23 Å². The van der Waals surface area contributed by atoms with Gasteiger partial charge in [-0.1, -0.05) is 31.4 Å². The van der Waals surface area contributed by atoms with Crippen LogP contribution in [0.1, 0.15) is 0 Å². The van der Waals surface area contributed by atoms with Crippen LogP contribution in [0.3, 0.4) is 0 Å². The van der Waals surface area contributed by atoms with Crippen LogP contribution >= 0.6 is 0 Å². The molecule has 0 fully saturated rings. The highest BCUT2D eigenvalue weighted by molar-refractivity contribution is 6.82. The number of rotatable bonds is 5. The van der Waals surface area contributed by atoms with Crippen molar-refractivity contribution in [2.75, 3.05) is 7.11 Å². The molecule has 0 aromatic rings. The molecule has 0 N–H and O–H groups in total. The summed E-state index contributed by atoms with van der Waals surface area (Å²) in [6, 6.07) is 2.60. The average Bonchev–Trinajstić information content (AvgIpc) is 1.99. The van der Waals surface area contributed by atoms with E-state index in [0.29, 0.717) is 0 Å². The maximum atomic E-state index is 5.53. The lowest BCUT2D eigenvalue weighted by molar-refractivity contribution is 0.409. The predicted octanol–water partition coefficient (Wildman–Crippen LogP) is 3.27. The Hall–Kier alpha value is 0.134. The zero-order valence-electron chi connectivity index (χ0n) is 9.11. The molecule has 0 aromatic heterocycles. The second kappa shape index (κ2) is 4.39. The SMILES string of the molecule is C=C[Si](C)(CC[Si](C)(C)C)OC. The summed E-state index contributed by atoms with van der Waals surface area (Å²) in [6.07, 6.45) is 0. The van der Waals surface area contributed by atoms with Gasteiger partial charge in [-0.2, -0.15) is 0 Å². The van der Waals surface area contributed by atoms with Crippen LogP contribution in [0.25, 0.3) is 0 Å². The molecule has 72 valence electrons. The second-order valence-electron chi connectivity index (χ2n) is 4.78. The Morgan fingerprint density at radius 2 is 1.67 bits per heavy atom. The van der Waals surface area contributed by atoms with Crippen LogP contribution in [-0.2, 0) is 4.43 Å². The first-order chi connectivity index (χ1) is 5.33. The Morgan fingerprint density at radius 3 is 1.92 bits per heavy atom. The van der Waals surface area contributed by atoms with E-state index in [9.17, 15) is 0 Å². The molecule has 0 amide bonds. The van der Waals surface area contributed by atoms with Crippen molar-refractivity contribution in [3.8, 4) is 0 Å². The van der Waals surface area contributed by atoms with E-state index in [1.165, 1.54) is 12.1 Å². The van der Waals surface area contributed by atoms with Crippen molar-refractivity contribution < 1.29 is 4.43 Å². The highest BCUT2D eigenvalue weighted by Gasteiger charge is 2.26. The first-order valence-electron chi connectivity index (χ1n) is 4.52. The summed E-state index contributed by atoms with van der Waals surface area (Å²) in [5, 5.41) is 0. The van der Waals surface area contributed by atoms with E-state index < -0.39 is 16.4 Å². The monoisotopic (exact) mass is 202 g/mol. The summed E-state index contributed by atoms with van der Waals surface area (Å²) in [5.41, 5.74) is 2.05. The van der Waals surface area contributed by atoms with Gasteiger partial charge in [0.15, 0.2) is 0 Å². The van der Waals surface area contributed by atoms with Gasteiger partial charge in [0.1, 0.15) is 0 Å². The Balaban J connectivity index is 3.98. The molecular formula is C9H22OSi2. The minimum Gasteiger partial charge on any atom is -0.416 e. The third-order valence-electron chi connectivity index (χ3n) is 2.27. The van der Waals surface area contributed by atoms with Crippen molar-refractivity contribution in [3.63, 3.8) is 0 Å². The van der Waals surface area contributed by atoms with Crippen molar-refractivity contribution in [2.45, 2.75) is 38.3 Å². The van der Waals surface area contributed by atoms with E-state index in [4.69, 9.17) is 4.43 Å². The predicted molar refractivity (Wildman–Crippen MR) is 61.8 cm³/mol. The standard InChI is InChI=1S/C9H22OSi2/c1-7-12(6,10-2)9-8-11(3,4)5/h7H,1,8-9H2,2-6H3. The molecule has 0 aliphatic rings. The van der Waals surface area contributed by atoms with Crippen LogP contribution in [0, 0.1) is 0 Å². The molecule has 1 atom stereocenters. The first-order valence-corrected chi connectivity index (χ1v) is 10.9. The largest absolute Gasteiger partial charge is 0.416 e. The molecule has 0 spiro atoms. The average molecular weight is 202 g/mol. The highest BCUT2D eigenvalue weighted by atomic mass is 28.4. The van der Waals surface area contributed by atoms with E-state index >= 15 is 0 Å². The third-order valence-corrected chi connectivity index (χ3v) is 7.56. The van der Waals surface area contributed by atoms with E-state index in [1.807, 2.05) is 12.8 Å². The Morgan fingerprint density at radius 1 is 1.17 bits per heavy atom.